The van der Waals surface area contributed by atoms with Gasteiger partial charge in [0.05, 0.1) is 6.54 Å². The molecule has 0 spiro atoms. The van der Waals surface area contributed by atoms with Crippen molar-refractivity contribution < 1.29 is 19.4 Å². The topological polar surface area (TPSA) is 78.9 Å². The standard InChI is InChI=1S/C16H26N2O4/c19-15(20)10-18(9-11-1-2-11)14-7-13(8-14)17-16(21)12-3-5-22-6-4-12/h11-14H,1-10H2,(H,17,21)(H,19,20). The maximum Gasteiger partial charge on any atom is 0.317 e. The monoisotopic (exact) mass is 310 g/mol. The molecule has 0 aromatic heterocycles. The summed E-state index contributed by atoms with van der Waals surface area (Å²) in [6, 6.07) is 0.535. The SMILES string of the molecule is O=C(O)CN(CC1CC1)C1CC(NC(=O)C2CCOCC2)C1. The molecular weight excluding hydrogens is 284 g/mol. The minimum atomic E-state index is -0.754. The Labute approximate surface area is 131 Å². The van der Waals surface area contributed by atoms with Gasteiger partial charge in [-0.05, 0) is 44.4 Å². The van der Waals surface area contributed by atoms with Crippen molar-refractivity contribution >= 4 is 11.9 Å². The Morgan fingerprint density at radius 3 is 2.41 bits per heavy atom. The largest absolute Gasteiger partial charge is 0.480 e. The number of amides is 1. The van der Waals surface area contributed by atoms with Crippen LogP contribution < -0.4 is 5.32 Å². The van der Waals surface area contributed by atoms with E-state index in [2.05, 4.69) is 10.2 Å². The van der Waals surface area contributed by atoms with Crippen LogP contribution in [0.5, 0.6) is 0 Å². The van der Waals surface area contributed by atoms with Crippen LogP contribution in [0.2, 0.25) is 0 Å². The van der Waals surface area contributed by atoms with E-state index in [4.69, 9.17) is 9.84 Å². The summed E-state index contributed by atoms with van der Waals surface area (Å²) < 4.78 is 5.28. The minimum absolute atomic E-state index is 0.0920. The van der Waals surface area contributed by atoms with Crippen molar-refractivity contribution in [2.24, 2.45) is 11.8 Å². The molecule has 2 saturated carbocycles. The van der Waals surface area contributed by atoms with Gasteiger partial charge in [-0.15, -0.1) is 0 Å². The van der Waals surface area contributed by atoms with E-state index in [1.807, 2.05) is 0 Å². The molecule has 0 unspecified atom stereocenters. The lowest BCUT2D eigenvalue weighted by molar-refractivity contribution is -0.140. The Kier molecular flexibility index (Phi) is 4.98. The van der Waals surface area contributed by atoms with Gasteiger partial charge in [-0.3, -0.25) is 14.5 Å². The molecule has 124 valence electrons. The molecular formula is C16H26N2O4. The van der Waals surface area contributed by atoms with Crippen molar-refractivity contribution in [3.05, 3.63) is 0 Å². The highest BCUT2D eigenvalue weighted by Crippen LogP contribution is 2.34. The second-order valence-corrected chi connectivity index (χ2v) is 6.98. The molecule has 3 aliphatic rings. The second-order valence-electron chi connectivity index (χ2n) is 6.98. The number of hydrogen-bond acceptors (Lipinski definition) is 4. The zero-order valence-corrected chi connectivity index (χ0v) is 13.0. The molecule has 0 radical (unpaired) electrons. The first kappa shape index (κ1) is 15.7. The van der Waals surface area contributed by atoms with E-state index in [1.54, 1.807) is 0 Å². The number of nitrogens with zero attached hydrogens (tertiary/aromatic N) is 1. The van der Waals surface area contributed by atoms with Crippen LogP contribution in [0, 0.1) is 11.8 Å². The average molecular weight is 310 g/mol. The van der Waals surface area contributed by atoms with E-state index < -0.39 is 5.97 Å². The third-order valence-electron chi connectivity index (χ3n) is 5.10. The Bertz CT molecular complexity index is 412. The van der Waals surface area contributed by atoms with Crippen LogP contribution in [-0.2, 0) is 14.3 Å². The van der Waals surface area contributed by atoms with E-state index in [1.165, 1.54) is 12.8 Å². The number of aliphatic carboxylic acids is 1. The molecule has 6 heteroatoms. The van der Waals surface area contributed by atoms with Crippen molar-refractivity contribution in [1.29, 1.82) is 0 Å². The average Bonchev–Trinajstić information content (AvgIpc) is 3.26. The van der Waals surface area contributed by atoms with Crippen LogP contribution in [0.25, 0.3) is 0 Å². The second kappa shape index (κ2) is 6.96. The summed E-state index contributed by atoms with van der Waals surface area (Å²) in [6.45, 7) is 2.39. The van der Waals surface area contributed by atoms with Crippen molar-refractivity contribution in [2.45, 2.75) is 50.6 Å². The number of rotatable bonds is 7. The first-order chi connectivity index (χ1) is 10.6. The van der Waals surface area contributed by atoms with Gasteiger partial charge in [0.15, 0.2) is 0 Å². The van der Waals surface area contributed by atoms with Crippen molar-refractivity contribution in [3.63, 3.8) is 0 Å². The zero-order valence-electron chi connectivity index (χ0n) is 13.0. The lowest BCUT2D eigenvalue weighted by atomic mass is 9.84. The highest BCUT2D eigenvalue weighted by molar-refractivity contribution is 5.79. The molecule has 0 bridgehead atoms. The van der Waals surface area contributed by atoms with Crippen LogP contribution >= 0.6 is 0 Å². The molecule has 1 saturated heterocycles. The van der Waals surface area contributed by atoms with Gasteiger partial charge in [-0.1, -0.05) is 0 Å². The predicted molar refractivity (Wildman–Crippen MR) is 80.4 cm³/mol. The number of ether oxygens (including phenoxy) is 1. The van der Waals surface area contributed by atoms with Crippen LogP contribution in [0.3, 0.4) is 0 Å². The number of carbonyl (C=O) groups excluding carboxylic acids is 1. The number of hydrogen-bond donors (Lipinski definition) is 2. The van der Waals surface area contributed by atoms with Gasteiger partial charge >= 0.3 is 5.97 Å². The van der Waals surface area contributed by atoms with Crippen molar-refractivity contribution in [2.75, 3.05) is 26.3 Å². The van der Waals surface area contributed by atoms with Crippen molar-refractivity contribution in [1.82, 2.24) is 10.2 Å². The fourth-order valence-electron chi connectivity index (χ4n) is 3.43. The first-order valence-corrected chi connectivity index (χ1v) is 8.45. The van der Waals surface area contributed by atoms with E-state index in [9.17, 15) is 9.59 Å². The molecule has 0 aromatic rings. The number of nitrogens with one attached hydrogen (secondary N) is 1. The van der Waals surface area contributed by atoms with Gasteiger partial charge in [0, 0.05) is 37.8 Å². The summed E-state index contributed by atoms with van der Waals surface area (Å²) in [7, 11) is 0. The Hall–Kier alpha value is -1.14. The van der Waals surface area contributed by atoms with Gasteiger partial charge in [0.2, 0.25) is 5.91 Å². The Morgan fingerprint density at radius 2 is 1.82 bits per heavy atom. The molecule has 0 aromatic carbocycles. The quantitative estimate of drug-likeness (QED) is 0.729. The fourth-order valence-corrected chi connectivity index (χ4v) is 3.43. The summed E-state index contributed by atoms with van der Waals surface area (Å²) in [4.78, 5) is 25.3. The van der Waals surface area contributed by atoms with Gasteiger partial charge in [0.25, 0.3) is 0 Å². The third kappa shape index (κ3) is 4.20. The molecule has 6 nitrogen and oxygen atoms in total. The van der Waals surface area contributed by atoms with Gasteiger partial charge in [-0.25, -0.2) is 0 Å². The van der Waals surface area contributed by atoms with Crippen LogP contribution in [0.1, 0.15) is 38.5 Å². The summed E-state index contributed by atoms with van der Waals surface area (Å²) in [6.07, 6.45) is 5.85. The summed E-state index contributed by atoms with van der Waals surface area (Å²) >= 11 is 0. The maximum absolute atomic E-state index is 12.2. The number of carboxylic acid groups (broad SMARTS) is 1. The summed E-state index contributed by atoms with van der Waals surface area (Å²) in [5, 5.41) is 12.2. The first-order valence-electron chi connectivity index (χ1n) is 8.45. The molecule has 22 heavy (non-hydrogen) atoms. The molecule has 0 atom stereocenters. The van der Waals surface area contributed by atoms with Gasteiger partial charge < -0.3 is 15.2 Å². The van der Waals surface area contributed by atoms with Crippen molar-refractivity contribution in [3.8, 4) is 0 Å². The van der Waals surface area contributed by atoms with Crippen LogP contribution in [-0.4, -0.2) is 60.3 Å². The summed E-state index contributed by atoms with van der Waals surface area (Å²) in [5.74, 6) is 0.179. The fraction of sp³-hybridized carbons (Fsp3) is 0.875. The van der Waals surface area contributed by atoms with E-state index in [0.29, 0.717) is 25.2 Å². The summed E-state index contributed by atoms with van der Waals surface area (Å²) in [5.41, 5.74) is 0. The Balaban J connectivity index is 1.41. The van der Waals surface area contributed by atoms with E-state index in [0.717, 1.165) is 32.2 Å². The molecule has 2 N–H and O–H groups in total. The third-order valence-corrected chi connectivity index (χ3v) is 5.10. The normalized spacial score (nSPS) is 29.1. The highest BCUT2D eigenvalue weighted by Gasteiger charge is 2.38. The lowest BCUT2D eigenvalue weighted by Gasteiger charge is -2.43. The zero-order chi connectivity index (χ0) is 15.5. The minimum Gasteiger partial charge on any atom is -0.480 e. The molecule has 1 aliphatic heterocycles. The molecule has 1 heterocycles. The smallest absolute Gasteiger partial charge is 0.317 e. The van der Waals surface area contributed by atoms with Crippen LogP contribution in [0.15, 0.2) is 0 Å². The molecule has 3 rings (SSSR count). The van der Waals surface area contributed by atoms with E-state index in [-0.39, 0.29) is 24.4 Å². The number of carboxylic acids is 1. The highest BCUT2D eigenvalue weighted by atomic mass is 16.5. The number of carbonyl (C=O) groups is 2. The van der Waals surface area contributed by atoms with Gasteiger partial charge in [0.1, 0.15) is 0 Å². The van der Waals surface area contributed by atoms with Gasteiger partial charge in [-0.2, -0.15) is 0 Å². The Morgan fingerprint density at radius 1 is 1.14 bits per heavy atom. The molecule has 2 aliphatic carbocycles. The molecule has 3 fully saturated rings. The maximum atomic E-state index is 12.2. The molecule has 1 amide bonds. The van der Waals surface area contributed by atoms with Crippen LogP contribution in [0.4, 0.5) is 0 Å². The predicted octanol–water partition coefficient (Wildman–Crippen LogP) is 0.857. The lowest BCUT2D eigenvalue weighted by Crippen LogP contribution is -2.56. The van der Waals surface area contributed by atoms with E-state index >= 15 is 0 Å².